The number of carbonyl (C=O) groups is 3. The van der Waals surface area contributed by atoms with E-state index in [9.17, 15) is 19.5 Å². The third kappa shape index (κ3) is 3.84. The quantitative estimate of drug-likeness (QED) is 0.886. The second kappa shape index (κ2) is 7.33. The zero-order chi connectivity index (χ0) is 17.9. The smallest absolute Gasteiger partial charge is 0.321 e. The normalized spacial score (nSPS) is 20.4. The van der Waals surface area contributed by atoms with Gasteiger partial charge in [-0.05, 0) is 38.0 Å². The van der Waals surface area contributed by atoms with Gasteiger partial charge in [-0.2, -0.15) is 0 Å². The molecule has 0 spiro atoms. The minimum atomic E-state index is -0.869. The van der Waals surface area contributed by atoms with Gasteiger partial charge in [0.2, 0.25) is 0 Å². The average Bonchev–Trinajstić information content (AvgIpc) is 2.54. The summed E-state index contributed by atoms with van der Waals surface area (Å²) in [5.74, 6) is -1.62. The summed E-state index contributed by atoms with van der Waals surface area (Å²) in [4.78, 5) is 38.8. The van der Waals surface area contributed by atoms with E-state index < -0.39 is 11.9 Å². The Balaban J connectivity index is 2.17. The van der Waals surface area contributed by atoms with Gasteiger partial charge in [0.1, 0.15) is 0 Å². The Kier molecular flexibility index (Phi) is 5.43. The maximum atomic E-state index is 12.8. The van der Waals surface area contributed by atoms with Gasteiger partial charge in [0, 0.05) is 37.9 Å². The number of carboxylic acid groups (broad SMARTS) is 1. The van der Waals surface area contributed by atoms with Crippen LogP contribution in [0.2, 0.25) is 0 Å². The summed E-state index contributed by atoms with van der Waals surface area (Å²) >= 11 is 0. The molecule has 0 unspecified atom stereocenters. The molecule has 1 saturated heterocycles. The Hall–Kier alpha value is -2.57. The molecule has 24 heavy (non-hydrogen) atoms. The maximum Gasteiger partial charge on any atom is 0.321 e. The number of anilines is 1. The van der Waals surface area contributed by atoms with E-state index in [-0.39, 0.29) is 18.0 Å². The lowest BCUT2D eigenvalue weighted by atomic mass is 9.90. The van der Waals surface area contributed by atoms with Crippen molar-refractivity contribution in [1.29, 1.82) is 0 Å². The molecule has 7 heteroatoms. The van der Waals surface area contributed by atoms with E-state index in [0.717, 1.165) is 0 Å². The molecule has 0 bridgehead atoms. The van der Waals surface area contributed by atoms with Crippen molar-refractivity contribution in [2.24, 2.45) is 5.92 Å². The molecular formula is C17H23N3O4. The van der Waals surface area contributed by atoms with Crippen molar-refractivity contribution in [1.82, 2.24) is 9.80 Å². The van der Waals surface area contributed by atoms with Crippen molar-refractivity contribution < 1.29 is 19.5 Å². The van der Waals surface area contributed by atoms with Gasteiger partial charge < -0.3 is 20.2 Å². The Morgan fingerprint density at radius 1 is 1.29 bits per heavy atom. The predicted molar refractivity (Wildman–Crippen MR) is 90.0 cm³/mol. The molecule has 0 aromatic heterocycles. The van der Waals surface area contributed by atoms with Crippen molar-refractivity contribution in [2.75, 3.05) is 26.0 Å². The highest BCUT2D eigenvalue weighted by atomic mass is 16.4. The Morgan fingerprint density at radius 2 is 2.00 bits per heavy atom. The minimum absolute atomic E-state index is 0.214. The molecule has 7 nitrogen and oxygen atoms in total. The summed E-state index contributed by atoms with van der Waals surface area (Å²) in [6.07, 6.45) is 1.25. The molecule has 2 rings (SSSR count). The van der Waals surface area contributed by atoms with Gasteiger partial charge in [-0.25, -0.2) is 4.79 Å². The van der Waals surface area contributed by atoms with Crippen LogP contribution in [0.25, 0.3) is 0 Å². The predicted octanol–water partition coefficient (Wildman–Crippen LogP) is 2.11. The molecule has 0 saturated carbocycles. The lowest BCUT2D eigenvalue weighted by molar-refractivity contribution is -0.144. The van der Waals surface area contributed by atoms with E-state index in [1.165, 1.54) is 4.90 Å². The number of carboxylic acids is 1. The summed E-state index contributed by atoms with van der Waals surface area (Å²) < 4.78 is 0. The number of nitrogens with zero attached hydrogens (tertiary/aromatic N) is 2. The fourth-order valence-corrected chi connectivity index (χ4v) is 2.89. The second-order valence-corrected chi connectivity index (χ2v) is 6.23. The minimum Gasteiger partial charge on any atom is -0.481 e. The molecule has 2 N–H and O–H groups in total. The Bertz CT molecular complexity index is 644. The van der Waals surface area contributed by atoms with Crippen molar-refractivity contribution >= 4 is 23.6 Å². The van der Waals surface area contributed by atoms with Crippen LogP contribution < -0.4 is 5.32 Å². The summed E-state index contributed by atoms with van der Waals surface area (Å²) in [5, 5.41) is 12.0. The van der Waals surface area contributed by atoms with Crippen LogP contribution in [0.15, 0.2) is 24.3 Å². The van der Waals surface area contributed by atoms with E-state index in [4.69, 9.17) is 0 Å². The molecule has 1 aromatic carbocycles. The number of nitrogens with one attached hydrogen (secondary N) is 1. The van der Waals surface area contributed by atoms with Crippen LogP contribution in [0.5, 0.6) is 0 Å². The van der Waals surface area contributed by atoms with Crippen molar-refractivity contribution in [2.45, 2.75) is 25.8 Å². The summed E-state index contributed by atoms with van der Waals surface area (Å²) in [7, 11) is 3.26. The highest BCUT2D eigenvalue weighted by Crippen LogP contribution is 2.26. The van der Waals surface area contributed by atoms with Gasteiger partial charge in [0.25, 0.3) is 5.91 Å². The van der Waals surface area contributed by atoms with Crippen molar-refractivity contribution in [3.05, 3.63) is 29.8 Å². The summed E-state index contributed by atoms with van der Waals surface area (Å²) in [6.45, 7) is 2.31. The average molecular weight is 333 g/mol. The first-order chi connectivity index (χ1) is 11.3. The lowest BCUT2D eigenvalue weighted by Crippen LogP contribution is -2.49. The van der Waals surface area contributed by atoms with Crippen LogP contribution in [0, 0.1) is 5.92 Å². The standard InChI is InChI=1S/C17H23N3O4/c1-11-14(16(22)23)8-5-9-20(11)15(21)12-6-4-7-13(10-12)18-17(24)19(2)3/h4,6-7,10-11,14H,5,8-9H2,1-3H3,(H,18,24)(H,22,23)/t11-,14-/m1/s1. The number of likely N-dealkylation sites (tertiary alicyclic amines) is 1. The van der Waals surface area contributed by atoms with E-state index >= 15 is 0 Å². The molecule has 1 aromatic rings. The lowest BCUT2D eigenvalue weighted by Gasteiger charge is -2.37. The van der Waals surface area contributed by atoms with Crippen LogP contribution in [0.3, 0.4) is 0 Å². The van der Waals surface area contributed by atoms with Gasteiger partial charge in [-0.1, -0.05) is 6.07 Å². The molecular weight excluding hydrogens is 310 g/mol. The van der Waals surface area contributed by atoms with Gasteiger partial charge in [0.15, 0.2) is 0 Å². The van der Waals surface area contributed by atoms with Crippen LogP contribution >= 0.6 is 0 Å². The molecule has 1 fully saturated rings. The highest BCUT2D eigenvalue weighted by molar-refractivity contribution is 5.97. The fraction of sp³-hybridized carbons (Fsp3) is 0.471. The van der Waals surface area contributed by atoms with Crippen LogP contribution in [-0.2, 0) is 4.79 Å². The summed E-state index contributed by atoms with van der Waals surface area (Å²) in [5.41, 5.74) is 0.962. The third-order valence-corrected chi connectivity index (χ3v) is 4.33. The molecule has 1 aliphatic heterocycles. The number of urea groups is 1. The van der Waals surface area contributed by atoms with Gasteiger partial charge in [-0.15, -0.1) is 0 Å². The molecule has 1 heterocycles. The molecule has 0 aliphatic carbocycles. The molecule has 2 atom stereocenters. The zero-order valence-electron chi connectivity index (χ0n) is 14.2. The third-order valence-electron chi connectivity index (χ3n) is 4.33. The largest absolute Gasteiger partial charge is 0.481 e. The number of hydrogen-bond donors (Lipinski definition) is 2. The number of amides is 3. The van der Waals surface area contributed by atoms with Crippen LogP contribution in [0.1, 0.15) is 30.1 Å². The van der Waals surface area contributed by atoms with Crippen LogP contribution in [0.4, 0.5) is 10.5 Å². The van der Waals surface area contributed by atoms with Crippen molar-refractivity contribution in [3.63, 3.8) is 0 Å². The molecule has 130 valence electrons. The van der Waals surface area contributed by atoms with E-state index in [0.29, 0.717) is 30.6 Å². The Morgan fingerprint density at radius 3 is 2.62 bits per heavy atom. The first-order valence-electron chi connectivity index (χ1n) is 7.93. The molecule has 1 aliphatic rings. The van der Waals surface area contributed by atoms with Crippen molar-refractivity contribution in [3.8, 4) is 0 Å². The maximum absolute atomic E-state index is 12.8. The van der Waals surface area contributed by atoms with E-state index in [1.54, 1.807) is 50.2 Å². The number of hydrogen-bond acceptors (Lipinski definition) is 3. The van der Waals surface area contributed by atoms with E-state index in [1.807, 2.05) is 0 Å². The number of benzene rings is 1. The first-order valence-corrected chi connectivity index (χ1v) is 7.93. The van der Waals surface area contributed by atoms with Crippen LogP contribution in [-0.4, -0.2) is 59.5 Å². The summed E-state index contributed by atoms with van der Waals surface area (Å²) in [6, 6.07) is 6.05. The van der Waals surface area contributed by atoms with Gasteiger partial charge >= 0.3 is 12.0 Å². The molecule has 3 amide bonds. The fourth-order valence-electron chi connectivity index (χ4n) is 2.89. The number of aliphatic carboxylic acids is 1. The second-order valence-electron chi connectivity index (χ2n) is 6.23. The Labute approximate surface area is 141 Å². The van der Waals surface area contributed by atoms with Gasteiger partial charge in [-0.3, -0.25) is 9.59 Å². The monoisotopic (exact) mass is 333 g/mol. The van der Waals surface area contributed by atoms with Gasteiger partial charge in [0.05, 0.1) is 5.92 Å². The zero-order valence-corrected chi connectivity index (χ0v) is 14.2. The topological polar surface area (TPSA) is 90.0 Å². The first kappa shape index (κ1) is 17.8. The number of carbonyl (C=O) groups excluding carboxylic acids is 2. The number of rotatable bonds is 3. The number of piperidine rings is 1. The SMILES string of the molecule is C[C@@H]1[C@H](C(=O)O)CCCN1C(=O)c1cccc(NC(=O)N(C)C)c1. The molecule has 0 radical (unpaired) electrons. The van der Waals surface area contributed by atoms with E-state index in [2.05, 4.69) is 5.32 Å². The highest BCUT2D eigenvalue weighted by Gasteiger charge is 2.35.